The molecule has 6 heteroatoms. The SMILES string of the molecule is Clc1ccc(Cc2nnc(-c3cnc(C4CC4)nc3)o2)cc1. The molecule has 1 aliphatic rings. The van der Waals surface area contributed by atoms with Crippen LogP contribution in [0.3, 0.4) is 0 Å². The van der Waals surface area contributed by atoms with Crippen molar-refractivity contribution < 1.29 is 4.42 Å². The first-order chi connectivity index (χ1) is 10.8. The average Bonchev–Trinajstić information content (AvgIpc) is 3.30. The van der Waals surface area contributed by atoms with Crippen molar-refractivity contribution in [3.8, 4) is 11.5 Å². The monoisotopic (exact) mass is 312 g/mol. The molecule has 1 fully saturated rings. The molecule has 2 aromatic heterocycles. The first kappa shape index (κ1) is 13.4. The molecule has 3 aromatic rings. The van der Waals surface area contributed by atoms with Gasteiger partial charge >= 0.3 is 0 Å². The van der Waals surface area contributed by atoms with E-state index in [4.69, 9.17) is 16.0 Å². The summed E-state index contributed by atoms with van der Waals surface area (Å²) in [6, 6.07) is 7.58. The Kier molecular flexibility index (Phi) is 3.35. The number of hydrogen-bond acceptors (Lipinski definition) is 5. The summed E-state index contributed by atoms with van der Waals surface area (Å²) in [7, 11) is 0. The second kappa shape index (κ2) is 5.50. The molecular formula is C16H13ClN4O. The number of rotatable bonds is 4. The van der Waals surface area contributed by atoms with Gasteiger partial charge in [-0.1, -0.05) is 23.7 Å². The Hall–Kier alpha value is -2.27. The Morgan fingerprint density at radius 1 is 1.05 bits per heavy atom. The summed E-state index contributed by atoms with van der Waals surface area (Å²) in [5.41, 5.74) is 1.82. The zero-order valence-corrected chi connectivity index (χ0v) is 12.5. The first-order valence-corrected chi connectivity index (χ1v) is 7.55. The molecule has 2 heterocycles. The van der Waals surface area contributed by atoms with Gasteiger partial charge in [-0.2, -0.15) is 0 Å². The van der Waals surface area contributed by atoms with Gasteiger partial charge in [0.25, 0.3) is 5.89 Å². The molecule has 0 saturated heterocycles. The van der Waals surface area contributed by atoms with Crippen LogP contribution in [0.5, 0.6) is 0 Å². The molecule has 5 nitrogen and oxygen atoms in total. The molecule has 1 aliphatic carbocycles. The van der Waals surface area contributed by atoms with E-state index < -0.39 is 0 Å². The second-order valence-corrected chi connectivity index (χ2v) is 5.84. The van der Waals surface area contributed by atoms with Crippen molar-refractivity contribution in [3.63, 3.8) is 0 Å². The molecule has 1 aromatic carbocycles. The Morgan fingerprint density at radius 2 is 1.77 bits per heavy atom. The normalized spacial score (nSPS) is 14.2. The lowest BCUT2D eigenvalue weighted by molar-refractivity contribution is 0.517. The number of nitrogens with zero attached hydrogens (tertiary/aromatic N) is 4. The van der Waals surface area contributed by atoms with Gasteiger partial charge in [0.05, 0.1) is 12.0 Å². The van der Waals surface area contributed by atoms with E-state index in [0.29, 0.717) is 29.1 Å². The van der Waals surface area contributed by atoms with Gasteiger partial charge in [0.2, 0.25) is 5.89 Å². The lowest BCUT2D eigenvalue weighted by atomic mass is 10.1. The minimum Gasteiger partial charge on any atom is -0.420 e. The van der Waals surface area contributed by atoms with Crippen molar-refractivity contribution in [2.75, 3.05) is 0 Å². The maximum atomic E-state index is 5.87. The van der Waals surface area contributed by atoms with Crippen molar-refractivity contribution in [2.45, 2.75) is 25.2 Å². The molecule has 0 radical (unpaired) electrons. The van der Waals surface area contributed by atoms with E-state index in [-0.39, 0.29) is 0 Å². The smallest absolute Gasteiger partial charge is 0.250 e. The van der Waals surface area contributed by atoms with Crippen molar-refractivity contribution in [1.82, 2.24) is 20.2 Å². The van der Waals surface area contributed by atoms with Crippen LogP contribution < -0.4 is 0 Å². The summed E-state index contributed by atoms with van der Waals surface area (Å²) in [6.07, 6.45) is 6.45. The van der Waals surface area contributed by atoms with E-state index >= 15 is 0 Å². The van der Waals surface area contributed by atoms with E-state index in [2.05, 4.69) is 20.2 Å². The third-order valence-electron chi connectivity index (χ3n) is 3.60. The van der Waals surface area contributed by atoms with Crippen LogP contribution in [-0.4, -0.2) is 20.2 Å². The number of hydrogen-bond donors (Lipinski definition) is 0. The summed E-state index contributed by atoms with van der Waals surface area (Å²) >= 11 is 5.87. The van der Waals surface area contributed by atoms with Gasteiger partial charge in [0, 0.05) is 23.3 Å². The van der Waals surface area contributed by atoms with Crippen LogP contribution in [-0.2, 0) is 6.42 Å². The van der Waals surface area contributed by atoms with Crippen LogP contribution in [0.2, 0.25) is 5.02 Å². The molecule has 0 N–H and O–H groups in total. The second-order valence-electron chi connectivity index (χ2n) is 5.41. The van der Waals surface area contributed by atoms with E-state index in [1.165, 1.54) is 12.8 Å². The summed E-state index contributed by atoms with van der Waals surface area (Å²) in [4.78, 5) is 8.73. The first-order valence-electron chi connectivity index (χ1n) is 7.17. The van der Waals surface area contributed by atoms with Crippen LogP contribution in [0.25, 0.3) is 11.5 Å². The fourth-order valence-electron chi connectivity index (χ4n) is 2.22. The highest BCUT2D eigenvalue weighted by atomic mass is 35.5. The molecule has 22 heavy (non-hydrogen) atoms. The number of benzene rings is 1. The van der Waals surface area contributed by atoms with Gasteiger partial charge in [-0.05, 0) is 30.5 Å². The third kappa shape index (κ3) is 2.85. The van der Waals surface area contributed by atoms with Crippen molar-refractivity contribution in [2.24, 2.45) is 0 Å². The molecule has 0 amide bonds. The summed E-state index contributed by atoms with van der Waals surface area (Å²) in [5.74, 6) is 2.46. The Labute approximate surface area is 132 Å². The van der Waals surface area contributed by atoms with Crippen molar-refractivity contribution >= 4 is 11.6 Å². The minimum absolute atomic E-state index is 0.450. The standard InChI is InChI=1S/C16H13ClN4O/c17-13-5-1-10(2-6-13)7-14-20-21-16(22-14)12-8-18-15(19-9-12)11-3-4-11/h1-2,5-6,8-9,11H,3-4,7H2. The molecule has 0 bridgehead atoms. The van der Waals surface area contributed by atoms with Crippen LogP contribution in [0.15, 0.2) is 41.1 Å². The molecule has 0 atom stereocenters. The topological polar surface area (TPSA) is 64.7 Å². The quantitative estimate of drug-likeness (QED) is 0.735. The average molecular weight is 313 g/mol. The highest BCUT2D eigenvalue weighted by molar-refractivity contribution is 6.30. The van der Waals surface area contributed by atoms with Gasteiger partial charge in [-0.3, -0.25) is 0 Å². The third-order valence-corrected chi connectivity index (χ3v) is 3.85. The van der Waals surface area contributed by atoms with Crippen molar-refractivity contribution in [3.05, 3.63) is 59.0 Å². The Morgan fingerprint density at radius 3 is 2.45 bits per heavy atom. The number of aromatic nitrogens is 4. The Balaban J connectivity index is 1.51. The summed E-state index contributed by atoms with van der Waals surface area (Å²) in [5, 5.41) is 8.85. The van der Waals surface area contributed by atoms with E-state index in [1.807, 2.05) is 24.3 Å². The minimum atomic E-state index is 0.450. The predicted octanol–water partition coefficient (Wildman–Crippen LogP) is 3.65. The largest absolute Gasteiger partial charge is 0.420 e. The van der Waals surface area contributed by atoms with Crippen LogP contribution in [0.4, 0.5) is 0 Å². The molecule has 110 valence electrons. The van der Waals surface area contributed by atoms with Gasteiger partial charge in [-0.25, -0.2) is 9.97 Å². The summed E-state index contributed by atoms with van der Waals surface area (Å²) < 4.78 is 5.68. The van der Waals surface area contributed by atoms with Crippen LogP contribution in [0.1, 0.15) is 36.0 Å². The maximum absolute atomic E-state index is 5.87. The van der Waals surface area contributed by atoms with Crippen molar-refractivity contribution in [1.29, 1.82) is 0 Å². The molecule has 4 rings (SSSR count). The zero-order chi connectivity index (χ0) is 14.9. The van der Waals surface area contributed by atoms with E-state index in [0.717, 1.165) is 17.0 Å². The highest BCUT2D eigenvalue weighted by Gasteiger charge is 2.26. The molecule has 0 unspecified atom stereocenters. The fraction of sp³-hybridized carbons (Fsp3) is 0.250. The maximum Gasteiger partial charge on any atom is 0.250 e. The lowest BCUT2D eigenvalue weighted by Crippen LogP contribution is -1.92. The zero-order valence-electron chi connectivity index (χ0n) is 11.7. The molecule has 0 aliphatic heterocycles. The van der Waals surface area contributed by atoms with Gasteiger partial charge in [0.15, 0.2) is 0 Å². The predicted molar refractivity (Wildman–Crippen MR) is 81.6 cm³/mol. The number of halogens is 1. The van der Waals surface area contributed by atoms with E-state index in [1.54, 1.807) is 12.4 Å². The molecule has 1 saturated carbocycles. The summed E-state index contributed by atoms with van der Waals surface area (Å²) in [6.45, 7) is 0. The lowest BCUT2D eigenvalue weighted by Gasteiger charge is -1.98. The van der Waals surface area contributed by atoms with Gasteiger partial charge in [-0.15, -0.1) is 10.2 Å². The van der Waals surface area contributed by atoms with Gasteiger partial charge < -0.3 is 4.42 Å². The molecule has 0 spiro atoms. The molecular weight excluding hydrogens is 300 g/mol. The van der Waals surface area contributed by atoms with Gasteiger partial charge in [0.1, 0.15) is 5.82 Å². The van der Waals surface area contributed by atoms with E-state index in [9.17, 15) is 0 Å². The Bertz CT molecular complexity index is 779. The highest BCUT2D eigenvalue weighted by Crippen LogP contribution is 2.37. The van der Waals surface area contributed by atoms with Crippen LogP contribution >= 0.6 is 11.6 Å². The van der Waals surface area contributed by atoms with Crippen LogP contribution in [0, 0.1) is 0 Å². The fourth-order valence-corrected chi connectivity index (χ4v) is 2.35.